The van der Waals surface area contributed by atoms with Crippen LogP contribution in [0.15, 0.2) is 212 Å². The summed E-state index contributed by atoms with van der Waals surface area (Å²) in [5.74, 6) is 0. The van der Waals surface area contributed by atoms with Gasteiger partial charge in [0.2, 0.25) is 0 Å². The number of fused-ring (bicyclic) bond motifs is 4. The zero-order valence-corrected chi connectivity index (χ0v) is 32.3. The molecule has 2 aliphatic carbocycles. The van der Waals surface area contributed by atoms with Crippen LogP contribution in [0.25, 0.3) is 61.7 Å². The van der Waals surface area contributed by atoms with Gasteiger partial charge in [-0.15, -0.1) is 0 Å². The standard InChI is InChI=1S/C57H41N/c1-4-14-42(15-5-1)45-23-25-47(26-24-45)56-36-31-49(44-18-8-3-9-19-44)40-57(56)48-29-34-53(35-30-48)58(52-32-27-46(28-33-52)43-16-6-2-7-17-43)54-38-41-13-12-21-50(37-41)55-22-11-10-20-51(55)39-54/h1-4,6-14,16-23,25,27-37,39-40H,24,26,38H2/b54-39+. The van der Waals surface area contributed by atoms with E-state index in [2.05, 4.69) is 217 Å². The van der Waals surface area contributed by atoms with E-state index in [-0.39, 0.29) is 0 Å². The number of hydrogen-bond donors (Lipinski definition) is 0. The molecule has 0 N–H and O–H groups in total. The van der Waals surface area contributed by atoms with Crippen LogP contribution in [-0.2, 0) is 6.42 Å². The molecule has 0 unspecified atom stereocenters. The highest BCUT2D eigenvalue weighted by Gasteiger charge is 2.21. The summed E-state index contributed by atoms with van der Waals surface area (Å²) >= 11 is 0. The minimum atomic E-state index is 0.802. The van der Waals surface area contributed by atoms with E-state index in [1.165, 1.54) is 78.0 Å². The van der Waals surface area contributed by atoms with Gasteiger partial charge in [-0.05, 0) is 134 Å². The van der Waals surface area contributed by atoms with E-state index in [9.17, 15) is 0 Å². The van der Waals surface area contributed by atoms with Crippen LogP contribution < -0.4 is 4.90 Å². The monoisotopic (exact) mass is 739 g/mol. The Morgan fingerprint density at radius 3 is 1.74 bits per heavy atom. The summed E-state index contributed by atoms with van der Waals surface area (Å²) in [6.45, 7) is 0. The molecule has 8 aromatic rings. The number of nitrogens with zero attached hydrogens (tertiary/aromatic N) is 1. The lowest BCUT2D eigenvalue weighted by Gasteiger charge is -2.30. The van der Waals surface area contributed by atoms with Crippen LogP contribution in [0.5, 0.6) is 0 Å². The smallest absolute Gasteiger partial charge is 0.0458 e. The Bertz CT molecular complexity index is 2810. The van der Waals surface area contributed by atoms with E-state index < -0.39 is 0 Å². The zero-order valence-electron chi connectivity index (χ0n) is 32.3. The molecule has 0 saturated heterocycles. The molecule has 0 aromatic heterocycles. The molecule has 0 saturated carbocycles. The summed E-state index contributed by atoms with van der Waals surface area (Å²) in [6.07, 6.45) is 9.71. The fourth-order valence-electron chi connectivity index (χ4n) is 8.52. The van der Waals surface area contributed by atoms with Crippen LogP contribution in [0.3, 0.4) is 0 Å². The molecular weight excluding hydrogens is 699 g/mol. The van der Waals surface area contributed by atoms with E-state index in [1.54, 1.807) is 0 Å². The van der Waals surface area contributed by atoms with Crippen molar-refractivity contribution < 1.29 is 0 Å². The Morgan fingerprint density at radius 2 is 1.03 bits per heavy atom. The van der Waals surface area contributed by atoms with E-state index in [0.717, 1.165) is 36.2 Å². The van der Waals surface area contributed by atoms with E-state index in [4.69, 9.17) is 0 Å². The molecule has 274 valence electrons. The third kappa shape index (κ3) is 7.09. The van der Waals surface area contributed by atoms with Crippen molar-refractivity contribution >= 4 is 28.6 Å². The number of hydrogen-bond acceptors (Lipinski definition) is 1. The van der Waals surface area contributed by atoms with Crippen molar-refractivity contribution in [2.45, 2.75) is 19.3 Å². The second-order valence-corrected chi connectivity index (χ2v) is 15.1. The van der Waals surface area contributed by atoms with E-state index >= 15 is 0 Å². The molecule has 0 radical (unpaired) electrons. The molecule has 2 aliphatic rings. The lowest BCUT2D eigenvalue weighted by molar-refractivity contribution is 1.05. The van der Waals surface area contributed by atoms with Gasteiger partial charge >= 0.3 is 0 Å². The normalized spacial score (nSPS) is 14.0. The highest BCUT2D eigenvalue weighted by Crippen LogP contribution is 2.41. The third-order valence-corrected chi connectivity index (χ3v) is 11.5. The van der Waals surface area contributed by atoms with Crippen LogP contribution in [0, 0.1) is 12.1 Å². The Hall–Kier alpha value is -7.40. The molecule has 0 fully saturated rings. The molecule has 58 heavy (non-hydrogen) atoms. The van der Waals surface area contributed by atoms with Crippen LogP contribution in [0.2, 0.25) is 0 Å². The van der Waals surface area contributed by atoms with Gasteiger partial charge in [-0.25, -0.2) is 0 Å². The van der Waals surface area contributed by atoms with Gasteiger partial charge in [-0.2, -0.15) is 0 Å². The van der Waals surface area contributed by atoms with Crippen molar-refractivity contribution in [3.05, 3.63) is 246 Å². The Balaban J connectivity index is 1.08. The SMILES string of the molecule is c1cccc(C2=CC=C(c3ccc(-c4ccccc4)cc3-c3ccc(N(/C4=C/c5ccccc5-c5cccc(c5)C4)c4ccc(-c5ccccc5)cc4)cc3)CC2)c#1. The molecule has 0 amide bonds. The Morgan fingerprint density at radius 1 is 0.414 bits per heavy atom. The highest BCUT2D eigenvalue weighted by molar-refractivity contribution is 5.89. The average molecular weight is 740 g/mol. The lowest BCUT2D eigenvalue weighted by atomic mass is 9.85. The maximum absolute atomic E-state index is 3.30. The van der Waals surface area contributed by atoms with Crippen molar-refractivity contribution in [3.8, 4) is 44.5 Å². The van der Waals surface area contributed by atoms with Crippen LogP contribution in [0.4, 0.5) is 11.4 Å². The largest absolute Gasteiger partial charge is 0.314 e. The third-order valence-electron chi connectivity index (χ3n) is 11.5. The number of rotatable bonds is 8. The molecule has 0 spiro atoms. The summed E-state index contributed by atoms with van der Waals surface area (Å²) in [5.41, 5.74) is 20.8. The first-order chi connectivity index (χ1) is 28.7. The second-order valence-electron chi connectivity index (χ2n) is 15.1. The fourth-order valence-corrected chi connectivity index (χ4v) is 8.52. The molecule has 0 aliphatic heterocycles. The molecule has 10 rings (SSSR count). The van der Waals surface area contributed by atoms with Gasteiger partial charge in [0.1, 0.15) is 0 Å². The highest BCUT2D eigenvalue weighted by atomic mass is 15.1. The van der Waals surface area contributed by atoms with Gasteiger partial charge in [0.05, 0.1) is 0 Å². The molecule has 1 heteroatoms. The van der Waals surface area contributed by atoms with Crippen molar-refractivity contribution in [3.63, 3.8) is 0 Å². The molecule has 0 atom stereocenters. The minimum Gasteiger partial charge on any atom is -0.314 e. The van der Waals surface area contributed by atoms with Gasteiger partial charge in [0.25, 0.3) is 0 Å². The first-order valence-electron chi connectivity index (χ1n) is 20.2. The summed E-state index contributed by atoms with van der Waals surface area (Å²) in [6, 6.07) is 76.8. The average Bonchev–Trinajstić information content (AvgIpc) is 3.30. The zero-order chi connectivity index (χ0) is 38.7. The minimum absolute atomic E-state index is 0.802. The topological polar surface area (TPSA) is 3.24 Å². The fraction of sp³-hybridized carbons (Fsp3) is 0.0526. The van der Waals surface area contributed by atoms with E-state index in [0.29, 0.717) is 0 Å². The van der Waals surface area contributed by atoms with Gasteiger partial charge in [0.15, 0.2) is 0 Å². The van der Waals surface area contributed by atoms with Gasteiger partial charge in [-0.3, -0.25) is 0 Å². The van der Waals surface area contributed by atoms with Crippen molar-refractivity contribution in [2.24, 2.45) is 0 Å². The Kier molecular flexibility index (Phi) is 9.44. The summed E-state index contributed by atoms with van der Waals surface area (Å²) in [4.78, 5) is 2.45. The quantitative estimate of drug-likeness (QED) is 0.150. The van der Waals surface area contributed by atoms with Crippen molar-refractivity contribution in [1.82, 2.24) is 0 Å². The first-order valence-corrected chi connectivity index (χ1v) is 20.2. The van der Waals surface area contributed by atoms with Crippen LogP contribution >= 0.6 is 0 Å². The summed E-state index contributed by atoms with van der Waals surface area (Å²) in [7, 11) is 0. The van der Waals surface area contributed by atoms with Crippen molar-refractivity contribution in [1.29, 1.82) is 0 Å². The maximum Gasteiger partial charge on any atom is 0.0458 e. The number of benzene rings is 7. The van der Waals surface area contributed by atoms with E-state index in [1.807, 2.05) is 12.1 Å². The predicted octanol–water partition coefficient (Wildman–Crippen LogP) is 15.0. The number of allylic oxidation sites excluding steroid dienone is 5. The molecule has 2 bridgehead atoms. The van der Waals surface area contributed by atoms with Crippen LogP contribution in [0.1, 0.15) is 35.1 Å². The van der Waals surface area contributed by atoms with Crippen LogP contribution in [-0.4, -0.2) is 0 Å². The predicted molar refractivity (Wildman–Crippen MR) is 244 cm³/mol. The molecular formula is C57H41N. The second kappa shape index (κ2) is 15.6. The lowest BCUT2D eigenvalue weighted by Crippen LogP contribution is -2.19. The molecule has 1 nitrogen and oxygen atoms in total. The molecule has 0 heterocycles. The molecule has 8 aromatic carbocycles. The van der Waals surface area contributed by atoms with Gasteiger partial charge in [-0.1, -0.05) is 176 Å². The first kappa shape index (κ1) is 35.0. The number of anilines is 2. The summed E-state index contributed by atoms with van der Waals surface area (Å²) in [5, 5.41) is 0. The van der Waals surface area contributed by atoms with Gasteiger partial charge < -0.3 is 4.90 Å². The van der Waals surface area contributed by atoms with Gasteiger partial charge in [0, 0.05) is 29.1 Å². The Labute approximate surface area is 342 Å². The summed E-state index contributed by atoms with van der Waals surface area (Å²) < 4.78 is 0. The van der Waals surface area contributed by atoms with Crippen molar-refractivity contribution in [2.75, 3.05) is 4.90 Å². The maximum atomic E-state index is 3.30.